The molecule has 2 aromatic rings. The van der Waals surface area contributed by atoms with E-state index in [1.165, 1.54) is 0 Å². The third-order valence-corrected chi connectivity index (χ3v) is 2.86. The second-order valence-electron chi connectivity index (χ2n) is 3.78. The fraction of sp³-hybridized carbons (Fsp3) is 0.455. The van der Waals surface area contributed by atoms with Crippen molar-refractivity contribution >= 4 is 22.6 Å². The highest BCUT2D eigenvalue weighted by Gasteiger charge is 2.06. The van der Waals surface area contributed by atoms with Crippen LogP contribution in [-0.4, -0.2) is 28.2 Å². The lowest BCUT2D eigenvalue weighted by molar-refractivity contribution is 0.106. The second-order valence-corrected chi connectivity index (χ2v) is 4.22. The minimum atomic E-state index is 0.228. The molecule has 0 saturated heterocycles. The zero-order valence-electron chi connectivity index (χ0n) is 9.35. The van der Waals surface area contributed by atoms with Gasteiger partial charge in [0.05, 0.1) is 11.6 Å². The van der Waals surface area contributed by atoms with Crippen LogP contribution in [0.4, 0.5) is 0 Å². The molecule has 1 heterocycles. The minimum Gasteiger partial charge on any atom is -0.382 e. The lowest BCUT2D eigenvalue weighted by atomic mass is 10.2. The van der Waals surface area contributed by atoms with Crippen LogP contribution in [0.3, 0.4) is 0 Å². The number of hydrogen-bond donors (Lipinski definition) is 0. The third-order valence-electron chi connectivity index (χ3n) is 2.63. The number of nitrogens with zero attached hydrogens (tertiary/aromatic N) is 3. The molecule has 0 fully saturated rings. The third kappa shape index (κ3) is 2.33. The maximum Gasteiger partial charge on any atom is 0.114 e. The van der Waals surface area contributed by atoms with Crippen molar-refractivity contribution in [3.8, 4) is 0 Å². The van der Waals surface area contributed by atoms with Crippen molar-refractivity contribution in [3.63, 3.8) is 0 Å². The molecule has 0 bridgehead atoms. The monoisotopic (exact) mass is 239 g/mol. The standard InChI is InChI=1S/C11H14ClN3O/c1-8(16-2)5-6-15-11-4-3-9(12)7-10(11)13-14-15/h3-4,7-8H,5-6H2,1-2H3. The number of halogens is 1. The maximum absolute atomic E-state index is 5.88. The van der Waals surface area contributed by atoms with Crippen molar-refractivity contribution in [2.24, 2.45) is 0 Å². The van der Waals surface area contributed by atoms with Gasteiger partial charge in [0.1, 0.15) is 5.52 Å². The number of fused-ring (bicyclic) bond motifs is 1. The molecule has 1 aromatic heterocycles. The quantitative estimate of drug-likeness (QED) is 0.823. The van der Waals surface area contributed by atoms with Gasteiger partial charge in [-0.15, -0.1) is 5.10 Å². The SMILES string of the molecule is COC(C)CCn1nnc2cc(Cl)ccc21. The van der Waals surface area contributed by atoms with E-state index in [1.54, 1.807) is 7.11 Å². The summed E-state index contributed by atoms with van der Waals surface area (Å²) in [4.78, 5) is 0. The summed E-state index contributed by atoms with van der Waals surface area (Å²) in [6.45, 7) is 2.84. The van der Waals surface area contributed by atoms with Gasteiger partial charge in [-0.25, -0.2) is 4.68 Å². The summed E-state index contributed by atoms with van der Waals surface area (Å²) < 4.78 is 7.07. The van der Waals surface area contributed by atoms with Gasteiger partial charge in [-0.1, -0.05) is 16.8 Å². The van der Waals surface area contributed by atoms with Crippen molar-refractivity contribution in [1.29, 1.82) is 0 Å². The van der Waals surface area contributed by atoms with Crippen LogP contribution in [0.2, 0.25) is 5.02 Å². The fourth-order valence-electron chi connectivity index (χ4n) is 1.53. The summed E-state index contributed by atoms with van der Waals surface area (Å²) in [6.07, 6.45) is 1.14. The first-order valence-electron chi connectivity index (χ1n) is 5.22. The number of ether oxygens (including phenoxy) is 1. The molecule has 1 aromatic carbocycles. The van der Waals surface area contributed by atoms with Crippen LogP contribution in [-0.2, 0) is 11.3 Å². The summed E-state index contributed by atoms with van der Waals surface area (Å²) >= 11 is 5.88. The van der Waals surface area contributed by atoms with Crippen LogP contribution in [0.15, 0.2) is 18.2 Å². The number of hydrogen-bond acceptors (Lipinski definition) is 3. The first-order valence-corrected chi connectivity index (χ1v) is 5.60. The first-order chi connectivity index (χ1) is 7.70. The van der Waals surface area contributed by atoms with E-state index in [0.29, 0.717) is 5.02 Å². The molecule has 16 heavy (non-hydrogen) atoms. The Balaban J connectivity index is 2.19. The lowest BCUT2D eigenvalue weighted by Gasteiger charge is -2.08. The highest BCUT2D eigenvalue weighted by Crippen LogP contribution is 2.17. The molecule has 4 nitrogen and oxygen atoms in total. The van der Waals surface area contributed by atoms with E-state index in [1.807, 2.05) is 29.8 Å². The zero-order chi connectivity index (χ0) is 11.5. The second kappa shape index (κ2) is 4.80. The lowest BCUT2D eigenvalue weighted by Crippen LogP contribution is -2.10. The summed E-state index contributed by atoms with van der Waals surface area (Å²) in [5.41, 5.74) is 1.84. The van der Waals surface area contributed by atoms with Crippen molar-refractivity contribution in [3.05, 3.63) is 23.2 Å². The van der Waals surface area contributed by atoms with Crippen LogP contribution in [0.1, 0.15) is 13.3 Å². The van der Waals surface area contributed by atoms with E-state index < -0.39 is 0 Å². The minimum absolute atomic E-state index is 0.228. The molecule has 0 spiro atoms. The molecular formula is C11H14ClN3O. The molecule has 1 atom stereocenters. The Labute approximate surface area is 99.1 Å². The highest BCUT2D eigenvalue weighted by atomic mass is 35.5. The van der Waals surface area contributed by atoms with Gasteiger partial charge in [0, 0.05) is 18.7 Å². The van der Waals surface area contributed by atoms with Crippen LogP contribution in [0.5, 0.6) is 0 Å². The average molecular weight is 240 g/mol. The first kappa shape index (κ1) is 11.4. The van der Waals surface area contributed by atoms with E-state index in [-0.39, 0.29) is 6.10 Å². The number of aromatic nitrogens is 3. The van der Waals surface area contributed by atoms with Crippen molar-refractivity contribution in [2.45, 2.75) is 26.0 Å². The van der Waals surface area contributed by atoms with Crippen molar-refractivity contribution in [1.82, 2.24) is 15.0 Å². The number of benzene rings is 1. The molecule has 2 rings (SSSR count). The van der Waals surface area contributed by atoms with Gasteiger partial charge in [0.25, 0.3) is 0 Å². The van der Waals surface area contributed by atoms with Gasteiger partial charge in [-0.2, -0.15) is 0 Å². The van der Waals surface area contributed by atoms with E-state index in [9.17, 15) is 0 Å². The number of aryl methyl sites for hydroxylation is 1. The normalized spacial score (nSPS) is 13.2. The Kier molecular flexibility index (Phi) is 3.41. The predicted molar refractivity (Wildman–Crippen MR) is 63.6 cm³/mol. The molecule has 0 radical (unpaired) electrons. The van der Waals surface area contributed by atoms with Crippen molar-refractivity contribution in [2.75, 3.05) is 7.11 Å². The van der Waals surface area contributed by atoms with Gasteiger partial charge >= 0.3 is 0 Å². The van der Waals surface area contributed by atoms with Gasteiger partial charge in [-0.05, 0) is 31.5 Å². The Bertz CT molecular complexity index is 483. The molecule has 86 valence electrons. The Hall–Kier alpha value is -1.13. The summed E-state index contributed by atoms with van der Waals surface area (Å²) in [5.74, 6) is 0. The van der Waals surface area contributed by atoms with Gasteiger partial charge < -0.3 is 4.74 Å². The number of rotatable bonds is 4. The predicted octanol–water partition coefficient (Wildman–Crippen LogP) is 2.51. The summed E-state index contributed by atoms with van der Waals surface area (Å²) in [6, 6.07) is 5.61. The molecule has 0 aliphatic heterocycles. The molecule has 1 unspecified atom stereocenters. The smallest absolute Gasteiger partial charge is 0.114 e. The van der Waals surface area contributed by atoms with Gasteiger partial charge in [-0.3, -0.25) is 0 Å². The maximum atomic E-state index is 5.88. The fourth-order valence-corrected chi connectivity index (χ4v) is 1.70. The van der Waals surface area contributed by atoms with Gasteiger partial charge in [0.15, 0.2) is 0 Å². The van der Waals surface area contributed by atoms with Crippen LogP contribution in [0.25, 0.3) is 11.0 Å². The molecule has 5 heteroatoms. The molecule has 0 aliphatic carbocycles. The van der Waals surface area contributed by atoms with Gasteiger partial charge in [0.2, 0.25) is 0 Å². The average Bonchev–Trinajstić information content (AvgIpc) is 2.68. The summed E-state index contributed by atoms with van der Waals surface area (Å²) in [7, 11) is 1.71. The van der Waals surface area contributed by atoms with E-state index in [0.717, 1.165) is 24.0 Å². The molecule has 0 aliphatic rings. The molecular weight excluding hydrogens is 226 g/mol. The topological polar surface area (TPSA) is 39.9 Å². The summed E-state index contributed by atoms with van der Waals surface area (Å²) in [5, 5.41) is 8.85. The Morgan fingerprint density at radius 3 is 3.06 bits per heavy atom. The van der Waals surface area contributed by atoms with Crippen LogP contribution in [0, 0.1) is 0 Å². The highest BCUT2D eigenvalue weighted by molar-refractivity contribution is 6.31. The van der Waals surface area contributed by atoms with Crippen LogP contribution < -0.4 is 0 Å². The Morgan fingerprint density at radius 2 is 2.31 bits per heavy atom. The zero-order valence-corrected chi connectivity index (χ0v) is 10.1. The van der Waals surface area contributed by atoms with E-state index >= 15 is 0 Å². The van der Waals surface area contributed by atoms with Crippen molar-refractivity contribution < 1.29 is 4.74 Å². The molecule has 0 amide bonds. The Morgan fingerprint density at radius 1 is 1.50 bits per heavy atom. The van der Waals surface area contributed by atoms with E-state index in [4.69, 9.17) is 16.3 Å². The molecule has 0 N–H and O–H groups in total. The van der Waals surface area contributed by atoms with Crippen LogP contribution >= 0.6 is 11.6 Å². The largest absolute Gasteiger partial charge is 0.382 e. The number of methoxy groups -OCH3 is 1. The molecule has 0 saturated carbocycles. The van der Waals surface area contributed by atoms with E-state index in [2.05, 4.69) is 10.3 Å².